The monoisotopic (exact) mass is 264 g/mol. The Morgan fingerprint density at radius 1 is 1.56 bits per heavy atom. The van der Waals surface area contributed by atoms with Crippen molar-refractivity contribution in [3.05, 3.63) is 29.0 Å². The number of hydrogen-bond donors (Lipinski definition) is 1. The molecule has 1 N–H and O–H groups in total. The van der Waals surface area contributed by atoms with Gasteiger partial charge < -0.3 is 9.73 Å². The van der Waals surface area contributed by atoms with Gasteiger partial charge >= 0.3 is 0 Å². The molecule has 0 bridgehead atoms. The van der Waals surface area contributed by atoms with Crippen LogP contribution in [-0.4, -0.2) is 16.9 Å². The Kier molecular flexibility index (Phi) is 3.81. The molecule has 0 fully saturated rings. The van der Waals surface area contributed by atoms with Gasteiger partial charge in [-0.3, -0.25) is 4.79 Å². The number of thiophene rings is 1. The SMILES string of the molecule is Cc1oc(-c2cccs2)nc1CC(=O)NC(C)C. The van der Waals surface area contributed by atoms with Gasteiger partial charge in [-0.2, -0.15) is 0 Å². The quantitative estimate of drug-likeness (QED) is 0.923. The van der Waals surface area contributed by atoms with Gasteiger partial charge in [0.05, 0.1) is 17.0 Å². The molecular weight excluding hydrogens is 248 g/mol. The number of aryl methyl sites for hydroxylation is 1. The lowest BCUT2D eigenvalue weighted by Crippen LogP contribution is -2.31. The van der Waals surface area contributed by atoms with E-state index in [1.165, 1.54) is 0 Å². The highest BCUT2D eigenvalue weighted by atomic mass is 32.1. The summed E-state index contributed by atoms with van der Waals surface area (Å²) in [6.45, 7) is 5.71. The number of rotatable bonds is 4. The van der Waals surface area contributed by atoms with Gasteiger partial charge in [0.2, 0.25) is 11.8 Å². The minimum absolute atomic E-state index is 0.0286. The Bertz CT molecular complexity index is 529. The first-order valence-electron chi connectivity index (χ1n) is 5.86. The first-order chi connectivity index (χ1) is 8.56. The molecule has 18 heavy (non-hydrogen) atoms. The number of aromatic nitrogens is 1. The highest BCUT2D eigenvalue weighted by Crippen LogP contribution is 2.25. The molecule has 0 aliphatic rings. The van der Waals surface area contributed by atoms with Gasteiger partial charge in [0.15, 0.2) is 0 Å². The lowest BCUT2D eigenvalue weighted by atomic mass is 10.2. The van der Waals surface area contributed by atoms with Crippen LogP contribution in [-0.2, 0) is 11.2 Å². The van der Waals surface area contributed by atoms with E-state index in [-0.39, 0.29) is 18.4 Å². The van der Waals surface area contributed by atoms with Crippen molar-refractivity contribution in [3.8, 4) is 10.8 Å². The van der Waals surface area contributed by atoms with Crippen LogP contribution < -0.4 is 5.32 Å². The fraction of sp³-hybridized carbons (Fsp3) is 0.385. The summed E-state index contributed by atoms with van der Waals surface area (Å²) in [6, 6.07) is 4.04. The predicted molar refractivity (Wildman–Crippen MR) is 71.5 cm³/mol. The van der Waals surface area contributed by atoms with E-state index in [1.807, 2.05) is 38.3 Å². The van der Waals surface area contributed by atoms with E-state index >= 15 is 0 Å². The summed E-state index contributed by atoms with van der Waals surface area (Å²) in [5, 5.41) is 4.82. The fourth-order valence-electron chi connectivity index (χ4n) is 1.62. The van der Waals surface area contributed by atoms with Crippen LogP contribution in [0.15, 0.2) is 21.9 Å². The fourth-order valence-corrected chi connectivity index (χ4v) is 2.27. The van der Waals surface area contributed by atoms with E-state index in [0.717, 1.165) is 4.88 Å². The molecule has 5 heteroatoms. The molecule has 0 aliphatic heterocycles. The Morgan fingerprint density at radius 2 is 2.33 bits per heavy atom. The highest BCUT2D eigenvalue weighted by Gasteiger charge is 2.15. The number of carbonyl (C=O) groups is 1. The number of nitrogens with zero attached hydrogens (tertiary/aromatic N) is 1. The zero-order valence-corrected chi connectivity index (χ0v) is 11.5. The van der Waals surface area contributed by atoms with Crippen molar-refractivity contribution in [2.75, 3.05) is 0 Å². The van der Waals surface area contributed by atoms with Gasteiger partial charge in [0.25, 0.3) is 0 Å². The number of carbonyl (C=O) groups excluding carboxylic acids is 1. The summed E-state index contributed by atoms with van der Waals surface area (Å²) >= 11 is 1.57. The second kappa shape index (κ2) is 5.35. The van der Waals surface area contributed by atoms with Crippen LogP contribution in [0.2, 0.25) is 0 Å². The molecule has 0 radical (unpaired) electrons. The van der Waals surface area contributed by atoms with Crippen molar-refractivity contribution in [3.63, 3.8) is 0 Å². The van der Waals surface area contributed by atoms with E-state index < -0.39 is 0 Å². The van der Waals surface area contributed by atoms with E-state index in [9.17, 15) is 4.79 Å². The topological polar surface area (TPSA) is 55.1 Å². The van der Waals surface area contributed by atoms with Gasteiger partial charge in [-0.25, -0.2) is 4.98 Å². The molecule has 0 aliphatic carbocycles. The minimum Gasteiger partial charge on any atom is -0.440 e. The van der Waals surface area contributed by atoms with Crippen LogP contribution in [0.4, 0.5) is 0 Å². The van der Waals surface area contributed by atoms with Crippen LogP contribution in [0.25, 0.3) is 10.8 Å². The zero-order chi connectivity index (χ0) is 13.1. The van der Waals surface area contributed by atoms with Gasteiger partial charge in [0, 0.05) is 6.04 Å². The molecule has 2 aromatic heterocycles. The molecule has 2 aromatic rings. The maximum atomic E-state index is 11.7. The third-order valence-corrected chi connectivity index (χ3v) is 3.26. The second-order valence-corrected chi connectivity index (χ2v) is 5.35. The molecule has 0 unspecified atom stereocenters. The van der Waals surface area contributed by atoms with Gasteiger partial charge in [-0.15, -0.1) is 11.3 Å². The normalized spacial score (nSPS) is 10.9. The smallest absolute Gasteiger partial charge is 0.236 e. The summed E-state index contributed by atoms with van der Waals surface area (Å²) in [7, 11) is 0. The summed E-state index contributed by atoms with van der Waals surface area (Å²) < 4.78 is 5.58. The Labute approximate surface area is 110 Å². The number of amides is 1. The van der Waals surface area contributed by atoms with Crippen molar-refractivity contribution < 1.29 is 9.21 Å². The lowest BCUT2D eigenvalue weighted by Gasteiger charge is -2.06. The highest BCUT2D eigenvalue weighted by molar-refractivity contribution is 7.13. The van der Waals surface area contributed by atoms with Crippen molar-refractivity contribution in [1.82, 2.24) is 10.3 Å². The van der Waals surface area contributed by atoms with Crippen LogP contribution in [0.1, 0.15) is 25.3 Å². The number of oxazole rings is 1. The molecule has 2 rings (SSSR count). The van der Waals surface area contributed by atoms with Crippen LogP contribution in [0.3, 0.4) is 0 Å². The summed E-state index contributed by atoms with van der Waals surface area (Å²) in [5.41, 5.74) is 0.705. The molecule has 0 atom stereocenters. The van der Waals surface area contributed by atoms with Crippen molar-refractivity contribution in [2.24, 2.45) is 0 Å². The molecule has 2 heterocycles. The van der Waals surface area contributed by atoms with Crippen molar-refractivity contribution in [1.29, 1.82) is 0 Å². The first-order valence-corrected chi connectivity index (χ1v) is 6.73. The van der Waals surface area contributed by atoms with Crippen molar-refractivity contribution in [2.45, 2.75) is 33.2 Å². The molecule has 0 spiro atoms. The van der Waals surface area contributed by atoms with Gasteiger partial charge in [-0.1, -0.05) is 6.07 Å². The second-order valence-electron chi connectivity index (χ2n) is 4.40. The molecule has 96 valence electrons. The predicted octanol–water partition coefficient (Wildman–Crippen LogP) is 2.78. The Morgan fingerprint density at radius 3 is 2.94 bits per heavy atom. The van der Waals surface area contributed by atoms with E-state index in [1.54, 1.807) is 11.3 Å². The Balaban J connectivity index is 2.13. The van der Waals surface area contributed by atoms with Crippen LogP contribution in [0, 0.1) is 6.92 Å². The minimum atomic E-state index is -0.0286. The van der Waals surface area contributed by atoms with Crippen molar-refractivity contribution >= 4 is 17.2 Å². The summed E-state index contributed by atoms with van der Waals surface area (Å²) in [6.07, 6.45) is 0.263. The first kappa shape index (κ1) is 12.8. The van der Waals surface area contributed by atoms with Crippen LogP contribution >= 0.6 is 11.3 Å². The molecule has 1 amide bonds. The zero-order valence-electron chi connectivity index (χ0n) is 10.7. The number of hydrogen-bond acceptors (Lipinski definition) is 4. The van der Waals surface area contributed by atoms with E-state index in [0.29, 0.717) is 17.3 Å². The lowest BCUT2D eigenvalue weighted by molar-refractivity contribution is -0.120. The molecule has 0 saturated heterocycles. The molecular formula is C13H16N2O2S. The Hall–Kier alpha value is -1.62. The third-order valence-electron chi connectivity index (χ3n) is 2.40. The average molecular weight is 264 g/mol. The largest absolute Gasteiger partial charge is 0.440 e. The maximum Gasteiger partial charge on any atom is 0.236 e. The molecule has 0 saturated carbocycles. The summed E-state index contributed by atoms with van der Waals surface area (Å²) in [5.74, 6) is 1.27. The standard InChI is InChI=1S/C13H16N2O2S/c1-8(2)14-12(16)7-10-9(3)17-13(15-10)11-5-4-6-18-11/h4-6,8H,7H2,1-3H3,(H,14,16). The van der Waals surface area contributed by atoms with Gasteiger partial charge in [-0.05, 0) is 32.2 Å². The van der Waals surface area contributed by atoms with Gasteiger partial charge in [0.1, 0.15) is 5.76 Å². The average Bonchev–Trinajstić information content (AvgIpc) is 2.87. The van der Waals surface area contributed by atoms with E-state index in [4.69, 9.17) is 4.42 Å². The molecule has 0 aromatic carbocycles. The third kappa shape index (κ3) is 2.98. The summed E-state index contributed by atoms with van der Waals surface area (Å²) in [4.78, 5) is 17.0. The number of nitrogens with one attached hydrogen (secondary N) is 1. The van der Waals surface area contributed by atoms with E-state index in [2.05, 4.69) is 10.3 Å². The molecule has 4 nitrogen and oxygen atoms in total. The van der Waals surface area contributed by atoms with Crippen LogP contribution in [0.5, 0.6) is 0 Å². The maximum absolute atomic E-state index is 11.7.